The minimum Gasteiger partial charge on any atom is -0.495 e. The Morgan fingerprint density at radius 1 is 0.875 bits per heavy atom. The summed E-state index contributed by atoms with van der Waals surface area (Å²) in [7, 11) is -2.64. The summed E-state index contributed by atoms with van der Waals surface area (Å²) >= 11 is 0. The Morgan fingerprint density at radius 3 is 2.15 bits per heavy atom. The summed E-state index contributed by atoms with van der Waals surface area (Å²) in [4.78, 5) is 12.9. The maximum Gasteiger partial charge on any atom is 0.264 e. The number of carbonyl (C=O) groups excluding carboxylic acids is 1. The standard InChI is InChI=1S/C31H31N3O5S/c1-23-8-12-26(13-9-23)22-39-27-16-14-25(15-17-27)20-32-33-31(35)21-34(29-6-4-5-7-30(29)38-3)40(36,37)28-18-10-24(2)11-19-28/h4-20H,21-22H2,1-3H3,(H,33,35)/b32-20-. The Balaban J connectivity index is 1.43. The fraction of sp³-hybridized carbons (Fsp3) is 0.161. The molecule has 0 aromatic heterocycles. The van der Waals surface area contributed by atoms with Crippen molar-refractivity contribution < 1.29 is 22.7 Å². The molecule has 0 saturated carbocycles. The van der Waals surface area contributed by atoms with Crippen molar-refractivity contribution in [1.82, 2.24) is 5.43 Å². The van der Waals surface area contributed by atoms with E-state index in [9.17, 15) is 13.2 Å². The highest BCUT2D eigenvalue weighted by atomic mass is 32.2. The molecule has 0 aliphatic heterocycles. The minimum absolute atomic E-state index is 0.0602. The van der Waals surface area contributed by atoms with Gasteiger partial charge in [-0.2, -0.15) is 5.10 Å². The lowest BCUT2D eigenvalue weighted by molar-refractivity contribution is -0.119. The first-order valence-electron chi connectivity index (χ1n) is 12.6. The van der Waals surface area contributed by atoms with Crippen LogP contribution in [0.25, 0.3) is 0 Å². The molecule has 4 aromatic rings. The third kappa shape index (κ3) is 7.27. The lowest BCUT2D eigenvalue weighted by Crippen LogP contribution is -2.39. The van der Waals surface area contributed by atoms with Gasteiger partial charge in [-0.15, -0.1) is 0 Å². The smallest absolute Gasteiger partial charge is 0.264 e. The van der Waals surface area contributed by atoms with Crippen LogP contribution in [0, 0.1) is 13.8 Å². The third-order valence-electron chi connectivity index (χ3n) is 6.06. The van der Waals surface area contributed by atoms with Crippen LogP contribution in [0.15, 0.2) is 107 Å². The number of para-hydroxylation sites is 2. The fourth-order valence-corrected chi connectivity index (χ4v) is 5.25. The summed E-state index contributed by atoms with van der Waals surface area (Å²) in [5.41, 5.74) is 6.58. The van der Waals surface area contributed by atoms with Crippen molar-refractivity contribution >= 4 is 27.8 Å². The summed E-state index contributed by atoms with van der Waals surface area (Å²) in [5, 5.41) is 4.01. The van der Waals surface area contributed by atoms with Crippen LogP contribution in [0.4, 0.5) is 5.69 Å². The van der Waals surface area contributed by atoms with E-state index < -0.39 is 22.5 Å². The average Bonchev–Trinajstić information content (AvgIpc) is 2.96. The largest absolute Gasteiger partial charge is 0.495 e. The van der Waals surface area contributed by atoms with Crippen molar-refractivity contribution in [2.75, 3.05) is 18.0 Å². The number of nitrogens with zero attached hydrogens (tertiary/aromatic N) is 2. The molecule has 9 heteroatoms. The summed E-state index contributed by atoms with van der Waals surface area (Å²) in [6.07, 6.45) is 1.48. The van der Waals surface area contributed by atoms with Crippen LogP contribution in [0.5, 0.6) is 11.5 Å². The van der Waals surface area contributed by atoms with Gasteiger partial charge < -0.3 is 9.47 Å². The molecule has 0 bridgehead atoms. The molecule has 4 rings (SSSR count). The average molecular weight is 558 g/mol. The van der Waals surface area contributed by atoms with Gasteiger partial charge in [0.1, 0.15) is 24.7 Å². The monoisotopic (exact) mass is 557 g/mol. The van der Waals surface area contributed by atoms with E-state index in [-0.39, 0.29) is 10.6 Å². The van der Waals surface area contributed by atoms with Gasteiger partial charge in [0.2, 0.25) is 0 Å². The molecule has 1 N–H and O–H groups in total. The molecule has 0 radical (unpaired) electrons. The van der Waals surface area contributed by atoms with E-state index in [1.54, 1.807) is 36.4 Å². The topological polar surface area (TPSA) is 97.3 Å². The number of hydrazone groups is 1. The van der Waals surface area contributed by atoms with Gasteiger partial charge in [0.05, 0.1) is 23.9 Å². The zero-order valence-corrected chi connectivity index (χ0v) is 23.4. The SMILES string of the molecule is COc1ccccc1N(CC(=O)N/N=C\c1ccc(OCc2ccc(C)cc2)cc1)S(=O)(=O)c1ccc(C)cc1. The minimum atomic E-state index is -4.08. The molecule has 0 aliphatic carbocycles. The van der Waals surface area contributed by atoms with E-state index in [4.69, 9.17) is 9.47 Å². The van der Waals surface area contributed by atoms with Gasteiger partial charge in [-0.25, -0.2) is 13.8 Å². The molecule has 0 aliphatic rings. The molecule has 0 atom stereocenters. The normalized spacial score (nSPS) is 11.3. The lowest BCUT2D eigenvalue weighted by atomic mass is 10.2. The van der Waals surface area contributed by atoms with Crippen molar-refractivity contribution in [2.45, 2.75) is 25.3 Å². The predicted molar refractivity (Wildman–Crippen MR) is 156 cm³/mol. The van der Waals surface area contributed by atoms with Gasteiger partial charge in [0.25, 0.3) is 15.9 Å². The second-order valence-corrected chi connectivity index (χ2v) is 11.0. The number of sulfonamides is 1. The number of ether oxygens (including phenoxy) is 2. The molecule has 0 fully saturated rings. The lowest BCUT2D eigenvalue weighted by Gasteiger charge is -2.25. The Morgan fingerprint density at radius 2 is 1.50 bits per heavy atom. The maximum atomic E-state index is 13.6. The Bertz CT molecular complexity index is 1570. The van der Waals surface area contributed by atoms with Crippen molar-refractivity contribution in [1.29, 1.82) is 0 Å². The van der Waals surface area contributed by atoms with Gasteiger partial charge in [-0.3, -0.25) is 9.10 Å². The van der Waals surface area contributed by atoms with Gasteiger partial charge in [-0.05, 0) is 73.5 Å². The number of hydrogen-bond acceptors (Lipinski definition) is 6. The first-order valence-corrected chi connectivity index (χ1v) is 14.0. The third-order valence-corrected chi connectivity index (χ3v) is 7.83. The number of aryl methyl sites for hydroxylation is 2. The number of methoxy groups -OCH3 is 1. The molecule has 0 spiro atoms. The van der Waals surface area contributed by atoms with E-state index in [1.165, 1.54) is 31.0 Å². The van der Waals surface area contributed by atoms with E-state index in [1.807, 2.05) is 62.4 Å². The zero-order chi connectivity index (χ0) is 28.5. The van der Waals surface area contributed by atoms with Crippen LogP contribution in [0.2, 0.25) is 0 Å². The number of rotatable bonds is 11. The van der Waals surface area contributed by atoms with Crippen LogP contribution in [-0.4, -0.2) is 34.2 Å². The maximum absolute atomic E-state index is 13.6. The van der Waals surface area contributed by atoms with Crippen LogP contribution >= 0.6 is 0 Å². The van der Waals surface area contributed by atoms with Crippen molar-refractivity contribution in [3.63, 3.8) is 0 Å². The number of benzene rings is 4. The Labute approximate surface area is 234 Å². The van der Waals surface area contributed by atoms with Crippen LogP contribution < -0.4 is 19.2 Å². The fourth-order valence-electron chi connectivity index (χ4n) is 3.82. The second-order valence-electron chi connectivity index (χ2n) is 9.13. The van der Waals surface area contributed by atoms with Crippen molar-refractivity contribution in [3.8, 4) is 11.5 Å². The summed E-state index contributed by atoms with van der Waals surface area (Å²) in [6, 6.07) is 28.4. The molecule has 40 heavy (non-hydrogen) atoms. The van der Waals surface area contributed by atoms with E-state index in [0.717, 1.165) is 21.0 Å². The van der Waals surface area contributed by atoms with Gasteiger partial charge in [0, 0.05) is 0 Å². The predicted octanol–water partition coefficient (Wildman–Crippen LogP) is 5.24. The molecular formula is C31H31N3O5S. The van der Waals surface area contributed by atoms with Crippen LogP contribution in [-0.2, 0) is 21.4 Å². The van der Waals surface area contributed by atoms with Gasteiger partial charge >= 0.3 is 0 Å². The first-order chi connectivity index (χ1) is 19.3. The number of anilines is 1. The van der Waals surface area contributed by atoms with Crippen molar-refractivity contribution in [3.05, 3.63) is 119 Å². The number of hydrogen-bond donors (Lipinski definition) is 1. The molecular weight excluding hydrogens is 526 g/mol. The summed E-state index contributed by atoms with van der Waals surface area (Å²) in [5.74, 6) is 0.408. The quantitative estimate of drug-likeness (QED) is 0.201. The van der Waals surface area contributed by atoms with E-state index >= 15 is 0 Å². The molecule has 1 amide bonds. The highest BCUT2D eigenvalue weighted by Gasteiger charge is 2.29. The molecule has 0 heterocycles. The van der Waals surface area contributed by atoms with Gasteiger partial charge in [0.15, 0.2) is 0 Å². The van der Waals surface area contributed by atoms with E-state index in [0.29, 0.717) is 18.1 Å². The highest BCUT2D eigenvalue weighted by molar-refractivity contribution is 7.92. The van der Waals surface area contributed by atoms with Crippen molar-refractivity contribution in [2.24, 2.45) is 5.10 Å². The molecule has 206 valence electrons. The molecule has 4 aromatic carbocycles. The number of amides is 1. The summed E-state index contributed by atoms with van der Waals surface area (Å²) in [6.45, 7) is 3.86. The first kappa shape index (κ1) is 28.4. The molecule has 0 unspecified atom stereocenters. The van der Waals surface area contributed by atoms with Crippen LogP contribution in [0.1, 0.15) is 22.3 Å². The second kappa shape index (κ2) is 12.9. The molecule has 8 nitrogen and oxygen atoms in total. The highest BCUT2D eigenvalue weighted by Crippen LogP contribution is 2.32. The Kier molecular flexibility index (Phi) is 9.19. The summed E-state index contributed by atoms with van der Waals surface area (Å²) < 4.78 is 39.4. The number of carbonyl (C=O) groups is 1. The van der Waals surface area contributed by atoms with E-state index in [2.05, 4.69) is 10.5 Å². The Hall–Kier alpha value is -4.63. The molecule has 0 saturated heterocycles. The van der Waals surface area contributed by atoms with Crippen LogP contribution in [0.3, 0.4) is 0 Å². The number of nitrogens with one attached hydrogen (secondary N) is 1. The zero-order valence-electron chi connectivity index (χ0n) is 22.6. The van der Waals surface area contributed by atoms with Gasteiger partial charge in [-0.1, -0.05) is 59.7 Å².